The molecule has 2 N–H and O–H groups in total. The molecule has 10 heteroatoms. The lowest BCUT2D eigenvalue weighted by molar-refractivity contribution is 0.0783. The normalized spacial score (nSPS) is 15.9. The third-order valence-electron chi connectivity index (χ3n) is 6.10. The second-order valence-corrected chi connectivity index (χ2v) is 11.0. The van der Waals surface area contributed by atoms with Gasteiger partial charge in [-0.3, -0.25) is 4.79 Å². The van der Waals surface area contributed by atoms with Crippen molar-refractivity contribution >= 4 is 38.8 Å². The highest BCUT2D eigenvalue weighted by Gasteiger charge is 2.27. The standard InChI is InChI=1S/C25H30N6O3S/c1-4-35(33,34)22-7-5-6-20(14-22)29-24-15-23(26-17-27-24)28-19-10-8-18(9-11-19)25(32)31-13-12-21(16-31)30(2)3/h5-11,14-15,17,21H,4,12-13,16H2,1-3H3,(H2,26,27,28,29)/t21-/m0/s1. The molecule has 0 bridgehead atoms. The smallest absolute Gasteiger partial charge is 0.253 e. The molecule has 1 aliphatic heterocycles. The minimum atomic E-state index is -3.30. The lowest BCUT2D eigenvalue weighted by Crippen LogP contribution is -2.34. The van der Waals surface area contributed by atoms with Gasteiger partial charge in [0.05, 0.1) is 10.6 Å². The summed E-state index contributed by atoms with van der Waals surface area (Å²) in [6, 6.07) is 16.1. The van der Waals surface area contributed by atoms with Gasteiger partial charge >= 0.3 is 0 Å². The van der Waals surface area contributed by atoms with Crippen LogP contribution in [0.4, 0.5) is 23.0 Å². The third-order valence-corrected chi connectivity index (χ3v) is 7.83. The van der Waals surface area contributed by atoms with Crippen molar-refractivity contribution in [1.82, 2.24) is 19.8 Å². The minimum Gasteiger partial charge on any atom is -0.340 e. The Morgan fingerprint density at radius 1 is 1.03 bits per heavy atom. The van der Waals surface area contributed by atoms with E-state index in [1.807, 2.05) is 43.3 Å². The molecule has 0 unspecified atom stereocenters. The van der Waals surface area contributed by atoms with Crippen LogP contribution in [0.3, 0.4) is 0 Å². The minimum absolute atomic E-state index is 0.0387. The number of amides is 1. The van der Waals surface area contributed by atoms with Gasteiger partial charge in [-0.2, -0.15) is 0 Å². The first-order valence-electron chi connectivity index (χ1n) is 11.5. The van der Waals surface area contributed by atoms with Crippen LogP contribution in [-0.4, -0.2) is 73.1 Å². The summed E-state index contributed by atoms with van der Waals surface area (Å²) in [6.07, 6.45) is 2.41. The van der Waals surface area contributed by atoms with Gasteiger partial charge < -0.3 is 20.4 Å². The molecule has 1 fully saturated rings. The first-order valence-corrected chi connectivity index (χ1v) is 13.1. The molecule has 0 saturated carbocycles. The Bertz CT molecular complexity index is 1290. The molecule has 1 saturated heterocycles. The van der Waals surface area contributed by atoms with Crippen LogP contribution in [0.15, 0.2) is 65.8 Å². The Balaban J connectivity index is 1.41. The fraction of sp³-hybridized carbons (Fsp3) is 0.320. The number of anilines is 4. The number of carbonyl (C=O) groups is 1. The molecule has 35 heavy (non-hydrogen) atoms. The van der Waals surface area contributed by atoms with E-state index in [0.717, 1.165) is 25.2 Å². The van der Waals surface area contributed by atoms with Gasteiger partial charge in [-0.05, 0) is 63.0 Å². The van der Waals surface area contributed by atoms with Crippen molar-refractivity contribution < 1.29 is 13.2 Å². The van der Waals surface area contributed by atoms with Crippen LogP contribution in [0.25, 0.3) is 0 Å². The molecule has 3 aromatic rings. The van der Waals surface area contributed by atoms with Gasteiger partial charge in [0.15, 0.2) is 9.84 Å². The van der Waals surface area contributed by atoms with Crippen LogP contribution in [0.1, 0.15) is 23.7 Å². The van der Waals surface area contributed by atoms with Gasteiger partial charge in [0.2, 0.25) is 0 Å². The Labute approximate surface area is 206 Å². The second-order valence-electron chi connectivity index (χ2n) is 8.70. The summed E-state index contributed by atoms with van der Waals surface area (Å²) in [4.78, 5) is 25.6. The largest absolute Gasteiger partial charge is 0.340 e. The highest BCUT2D eigenvalue weighted by Crippen LogP contribution is 2.23. The van der Waals surface area contributed by atoms with Gasteiger partial charge in [0.25, 0.3) is 5.91 Å². The van der Waals surface area contributed by atoms with Gasteiger partial charge in [-0.15, -0.1) is 0 Å². The molecular formula is C25H30N6O3S. The van der Waals surface area contributed by atoms with E-state index >= 15 is 0 Å². The SMILES string of the molecule is CCS(=O)(=O)c1cccc(Nc2cc(Nc3ccc(C(=O)N4CC[C@H](N(C)C)C4)cc3)ncn2)c1. The Morgan fingerprint density at radius 2 is 1.71 bits per heavy atom. The van der Waals surface area contributed by atoms with Crippen LogP contribution in [0, 0.1) is 0 Å². The maximum Gasteiger partial charge on any atom is 0.253 e. The molecule has 0 aliphatic carbocycles. The van der Waals surface area contributed by atoms with E-state index < -0.39 is 9.84 Å². The van der Waals surface area contributed by atoms with Crippen molar-refractivity contribution in [3.05, 3.63) is 66.5 Å². The van der Waals surface area contributed by atoms with E-state index in [4.69, 9.17) is 0 Å². The predicted octanol–water partition coefficient (Wildman–Crippen LogP) is 3.53. The number of benzene rings is 2. The Kier molecular flexibility index (Phi) is 7.32. The molecule has 2 aromatic carbocycles. The number of hydrogen-bond acceptors (Lipinski definition) is 8. The van der Waals surface area contributed by atoms with Crippen molar-refractivity contribution in [2.45, 2.75) is 24.3 Å². The van der Waals surface area contributed by atoms with E-state index in [1.54, 1.807) is 37.3 Å². The molecule has 2 heterocycles. The van der Waals surface area contributed by atoms with Crippen LogP contribution in [0.2, 0.25) is 0 Å². The first kappa shape index (κ1) is 24.6. The number of nitrogens with zero attached hydrogens (tertiary/aromatic N) is 4. The zero-order valence-electron chi connectivity index (χ0n) is 20.1. The zero-order chi connectivity index (χ0) is 25.0. The van der Waals surface area contributed by atoms with E-state index in [2.05, 4.69) is 25.5 Å². The number of hydrogen-bond donors (Lipinski definition) is 2. The number of likely N-dealkylation sites (tertiary alicyclic amines) is 1. The molecule has 0 spiro atoms. The molecule has 1 amide bonds. The van der Waals surface area contributed by atoms with Crippen LogP contribution in [-0.2, 0) is 9.84 Å². The number of aromatic nitrogens is 2. The summed E-state index contributed by atoms with van der Waals surface area (Å²) in [5.74, 6) is 1.16. The van der Waals surface area contributed by atoms with Crippen LogP contribution in [0.5, 0.6) is 0 Å². The van der Waals surface area contributed by atoms with Crippen molar-refractivity contribution in [1.29, 1.82) is 0 Å². The number of nitrogens with one attached hydrogen (secondary N) is 2. The predicted molar refractivity (Wildman–Crippen MR) is 137 cm³/mol. The maximum atomic E-state index is 12.8. The summed E-state index contributed by atoms with van der Waals surface area (Å²) in [7, 11) is 0.788. The molecular weight excluding hydrogens is 464 g/mol. The highest BCUT2D eigenvalue weighted by atomic mass is 32.2. The summed E-state index contributed by atoms with van der Waals surface area (Å²) in [5, 5.41) is 6.34. The van der Waals surface area contributed by atoms with Crippen LogP contribution >= 0.6 is 0 Å². The maximum absolute atomic E-state index is 12.8. The van der Waals surface area contributed by atoms with Gasteiger partial charge in [0.1, 0.15) is 18.0 Å². The molecule has 4 rings (SSSR count). The topological polar surface area (TPSA) is 108 Å². The number of carbonyl (C=O) groups excluding carboxylic acids is 1. The third kappa shape index (κ3) is 5.95. The molecule has 184 valence electrons. The summed E-state index contributed by atoms with van der Waals surface area (Å²) in [5.41, 5.74) is 2.06. The molecule has 1 atom stereocenters. The van der Waals surface area contributed by atoms with Crippen LogP contribution < -0.4 is 10.6 Å². The zero-order valence-corrected chi connectivity index (χ0v) is 20.9. The molecule has 1 aliphatic rings. The van der Waals surface area contributed by atoms with E-state index in [0.29, 0.717) is 28.9 Å². The number of rotatable bonds is 8. The molecule has 1 aromatic heterocycles. The molecule has 0 radical (unpaired) electrons. The first-order chi connectivity index (χ1) is 16.7. The van der Waals surface area contributed by atoms with Gasteiger partial charge in [0, 0.05) is 42.1 Å². The van der Waals surface area contributed by atoms with E-state index in [-0.39, 0.29) is 16.6 Å². The highest BCUT2D eigenvalue weighted by molar-refractivity contribution is 7.91. The number of likely N-dealkylation sites (N-methyl/N-ethyl adjacent to an activating group) is 1. The van der Waals surface area contributed by atoms with Crippen molar-refractivity contribution in [2.24, 2.45) is 0 Å². The Morgan fingerprint density at radius 3 is 2.34 bits per heavy atom. The average Bonchev–Trinajstić information content (AvgIpc) is 3.35. The van der Waals surface area contributed by atoms with Crippen molar-refractivity contribution in [3.63, 3.8) is 0 Å². The fourth-order valence-corrected chi connectivity index (χ4v) is 4.88. The Hall–Kier alpha value is -3.50. The van der Waals surface area contributed by atoms with Crippen molar-refractivity contribution in [2.75, 3.05) is 43.6 Å². The molecule has 9 nitrogen and oxygen atoms in total. The monoisotopic (exact) mass is 494 g/mol. The lowest BCUT2D eigenvalue weighted by atomic mass is 10.2. The fourth-order valence-electron chi connectivity index (χ4n) is 3.95. The summed E-state index contributed by atoms with van der Waals surface area (Å²) in [6.45, 7) is 3.13. The quantitative estimate of drug-likeness (QED) is 0.490. The second kappa shape index (κ2) is 10.4. The van der Waals surface area contributed by atoms with Crippen molar-refractivity contribution in [3.8, 4) is 0 Å². The van der Waals surface area contributed by atoms with E-state index in [1.165, 1.54) is 6.33 Å². The number of sulfone groups is 1. The average molecular weight is 495 g/mol. The summed E-state index contributed by atoms with van der Waals surface area (Å²) < 4.78 is 24.3. The summed E-state index contributed by atoms with van der Waals surface area (Å²) >= 11 is 0. The van der Waals surface area contributed by atoms with Gasteiger partial charge in [-0.1, -0.05) is 13.0 Å². The van der Waals surface area contributed by atoms with E-state index in [9.17, 15) is 13.2 Å². The lowest BCUT2D eigenvalue weighted by Gasteiger charge is -2.20. The van der Waals surface area contributed by atoms with Gasteiger partial charge in [-0.25, -0.2) is 18.4 Å².